The van der Waals surface area contributed by atoms with Crippen LogP contribution < -0.4 is 0 Å². The molecule has 18 heavy (non-hydrogen) atoms. The van der Waals surface area contributed by atoms with E-state index >= 15 is 0 Å². The average Bonchev–Trinajstić information content (AvgIpc) is 2.78. The zero-order valence-corrected chi connectivity index (χ0v) is 10.3. The summed E-state index contributed by atoms with van der Waals surface area (Å²) in [6.07, 6.45) is 14.4. The number of hydrogen-bond donors (Lipinski definition) is 0. The van der Waals surface area contributed by atoms with Gasteiger partial charge in [0, 0.05) is 24.6 Å². The van der Waals surface area contributed by atoms with Crippen molar-refractivity contribution in [2.24, 2.45) is 9.98 Å². The molecule has 4 heteroatoms. The third-order valence-electron chi connectivity index (χ3n) is 2.41. The summed E-state index contributed by atoms with van der Waals surface area (Å²) in [5.41, 5.74) is 1.46. The lowest BCUT2D eigenvalue weighted by molar-refractivity contribution is 0.306. The molecule has 0 N–H and O–H groups in total. The standard InChI is InChI=1S/C14H14N2O2/c1-17-11-5-3-7-15-13(9-11)14-10-12(18-2)6-4-8-16-14/h3-10H,1-2H3/b14-13+. The van der Waals surface area contributed by atoms with Gasteiger partial charge in [-0.2, -0.15) is 0 Å². The fourth-order valence-corrected chi connectivity index (χ4v) is 1.50. The molecule has 2 aliphatic heterocycles. The summed E-state index contributed by atoms with van der Waals surface area (Å²) in [4.78, 5) is 8.65. The number of methoxy groups -OCH3 is 2. The molecule has 0 saturated heterocycles. The van der Waals surface area contributed by atoms with Crippen molar-refractivity contribution in [3.05, 3.63) is 59.4 Å². The molecule has 0 atom stereocenters. The van der Waals surface area contributed by atoms with Crippen molar-refractivity contribution in [2.45, 2.75) is 0 Å². The number of aliphatic imine (C=N–C) groups is 2. The molecular weight excluding hydrogens is 228 g/mol. The first kappa shape index (κ1) is 12.1. The van der Waals surface area contributed by atoms with Crippen molar-refractivity contribution in [1.82, 2.24) is 0 Å². The maximum atomic E-state index is 5.22. The number of hydrogen-bond acceptors (Lipinski definition) is 4. The molecule has 0 aromatic rings. The minimum atomic E-state index is 0.728. The van der Waals surface area contributed by atoms with Gasteiger partial charge in [-0.1, -0.05) is 0 Å². The van der Waals surface area contributed by atoms with Crippen LogP contribution in [0.25, 0.3) is 0 Å². The SMILES string of the molecule is COC1=C/C(=C2/C=C(OC)C=CC=N2)N=CC=C1. The zero-order valence-electron chi connectivity index (χ0n) is 10.3. The van der Waals surface area contributed by atoms with Crippen LogP contribution in [-0.2, 0) is 9.47 Å². The molecule has 0 spiro atoms. The number of ether oxygens (including phenoxy) is 2. The van der Waals surface area contributed by atoms with E-state index in [1.165, 1.54) is 0 Å². The number of allylic oxidation sites excluding steroid dienone is 6. The summed E-state index contributed by atoms with van der Waals surface area (Å²) in [6, 6.07) is 0. The van der Waals surface area contributed by atoms with Crippen LogP contribution in [0.15, 0.2) is 69.4 Å². The van der Waals surface area contributed by atoms with Gasteiger partial charge >= 0.3 is 0 Å². The van der Waals surface area contributed by atoms with Crippen molar-refractivity contribution < 1.29 is 9.47 Å². The maximum Gasteiger partial charge on any atom is 0.121 e. The van der Waals surface area contributed by atoms with Gasteiger partial charge in [0.25, 0.3) is 0 Å². The second kappa shape index (κ2) is 5.82. The molecule has 0 bridgehead atoms. The van der Waals surface area contributed by atoms with Crippen LogP contribution in [0.3, 0.4) is 0 Å². The lowest BCUT2D eigenvalue weighted by atomic mass is 10.2. The molecule has 4 nitrogen and oxygen atoms in total. The van der Waals surface area contributed by atoms with Crippen LogP contribution in [0, 0.1) is 0 Å². The molecule has 2 aliphatic rings. The summed E-state index contributed by atoms with van der Waals surface area (Å²) < 4.78 is 10.4. The normalized spacial score (nSPS) is 22.1. The molecule has 0 radical (unpaired) electrons. The van der Waals surface area contributed by atoms with E-state index in [0.717, 1.165) is 22.9 Å². The van der Waals surface area contributed by atoms with Crippen LogP contribution in [0.2, 0.25) is 0 Å². The Balaban J connectivity index is 2.46. The van der Waals surface area contributed by atoms with E-state index in [-0.39, 0.29) is 0 Å². The fourth-order valence-electron chi connectivity index (χ4n) is 1.50. The molecule has 2 heterocycles. The topological polar surface area (TPSA) is 43.2 Å². The van der Waals surface area contributed by atoms with Crippen LogP contribution in [0.1, 0.15) is 0 Å². The zero-order chi connectivity index (χ0) is 12.8. The first-order valence-corrected chi connectivity index (χ1v) is 5.50. The summed E-state index contributed by atoms with van der Waals surface area (Å²) in [5.74, 6) is 1.46. The Morgan fingerprint density at radius 3 is 1.61 bits per heavy atom. The van der Waals surface area contributed by atoms with E-state index < -0.39 is 0 Å². The predicted octanol–water partition coefficient (Wildman–Crippen LogP) is 2.54. The lowest BCUT2D eigenvalue weighted by Gasteiger charge is -2.03. The van der Waals surface area contributed by atoms with Gasteiger partial charge in [0.05, 0.1) is 25.6 Å². The van der Waals surface area contributed by atoms with Gasteiger partial charge in [-0.15, -0.1) is 0 Å². The van der Waals surface area contributed by atoms with Gasteiger partial charge in [0.15, 0.2) is 0 Å². The predicted molar refractivity (Wildman–Crippen MR) is 72.5 cm³/mol. The van der Waals surface area contributed by atoms with Gasteiger partial charge in [-0.05, 0) is 24.3 Å². The first-order valence-electron chi connectivity index (χ1n) is 5.50. The van der Waals surface area contributed by atoms with Crippen LogP contribution in [-0.4, -0.2) is 26.6 Å². The molecule has 0 fully saturated rings. The third kappa shape index (κ3) is 2.85. The molecule has 0 saturated carbocycles. The van der Waals surface area contributed by atoms with E-state index in [4.69, 9.17) is 9.47 Å². The lowest BCUT2D eigenvalue weighted by Crippen LogP contribution is -1.88. The van der Waals surface area contributed by atoms with Gasteiger partial charge in [0.2, 0.25) is 0 Å². The summed E-state index contributed by atoms with van der Waals surface area (Å²) >= 11 is 0. The van der Waals surface area contributed by atoms with E-state index in [1.807, 2.05) is 36.5 Å². The van der Waals surface area contributed by atoms with Gasteiger partial charge < -0.3 is 9.47 Å². The summed E-state index contributed by atoms with van der Waals surface area (Å²) in [7, 11) is 3.25. The van der Waals surface area contributed by atoms with E-state index in [9.17, 15) is 0 Å². The maximum absolute atomic E-state index is 5.22. The monoisotopic (exact) mass is 242 g/mol. The molecule has 92 valence electrons. The van der Waals surface area contributed by atoms with E-state index in [0.29, 0.717) is 0 Å². The largest absolute Gasteiger partial charge is 0.497 e. The van der Waals surface area contributed by atoms with Crippen molar-refractivity contribution in [1.29, 1.82) is 0 Å². The Morgan fingerprint density at radius 1 is 0.778 bits per heavy atom. The van der Waals surface area contributed by atoms with Crippen molar-refractivity contribution >= 4 is 12.4 Å². The fraction of sp³-hybridized carbons (Fsp3) is 0.143. The van der Waals surface area contributed by atoms with Gasteiger partial charge in [-0.25, -0.2) is 0 Å². The smallest absolute Gasteiger partial charge is 0.121 e. The Kier molecular flexibility index (Phi) is 3.91. The van der Waals surface area contributed by atoms with Crippen LogP contribution in [0.4, 0.5) is 0 Å². The molecular formula is C14H14N2O2. The molecule has 0 aromatic heterocycles. The molecule has 2 rings (SSSR count). The second-order valence-corrected chi connectivity index (χ2v) is 3.55. The Morgan fingerprint density at radius 2 is 1.22 bits per heavy atom. The first-order chi connectivity index (χ1) is 8.83. The Bertz CT molecular complexity index is 484. The van der Waals surface area contributed by atoms with E-state index in [2.05, 4.69) is 9.98 Å². The van der Waals surface area contributed by atoms with E-state index in [1.54, 1.807) is 26.6 Å². The number of rotatable bonds is 2. The molecule has 0 aromatic carbocycles. The van der Waals surface area contributed by atoms with Crippen molar-refractivity contribution in [3.8, 4) is 0 Å². The third-order valence-corrected chi connectivity index (χ3v) is 2.41. The van der Waals surface area contributed by atoms with Gasteiger partial charge in [-0.3, -0.25) is 9.98 Å². The summed E-state index contributed by atoms with van der Waals surface area (Å²) in [6.45, 7) is 0. The minimum Gasteiger partial charge on any atom is -0.497 e. The van der Waals surface area contributed by atoms with Gasteiger partial charge in [0.1, 0.15) is 11.5 Å². The quantitative estimate of drug-likeness (QED) is 0.746. The highest BCUT2D eigenvalue weighted by Crippen LogP contribution is 2.19. The average molecular weight is 242 g/mol. The highest BCUT2D eigenvalue weighted by Gasteiger charge is 2.06. The van der Waals surface area contributed by atoms with Crippen LogP contribution in [0.5, 0.6) is 0 Å². The van der Waals surface area contributed by atoms with Crippen molar-refractivity contribution in [2.75, 3.05) is 14.2 Å². The molecule has 0 unspecified atom stereocenters. The Hall–Kier alpha value is -2.36. The van der Waals surface area contributed by atoms with Crippen LogP contribution >= 0.6 is 0 Å². The highest BCUT2D eigenvalue weighted by atomic mass is 16.5. The molecule has 0 amide bonds. The van der Waals surface area contributed by atoms with Crippen molar-refractivity contribution in [3.63, 3.8) is 0 Å². The molecule has 0 aliphatic carbocycles. The second-order valence-electron chi connectivity index (χ2n) is 3.55. The highest BCUT2D eigenvalue weighted by molar-refractivity contribution is 5.77. The minimum absolute atomic E-state index is 0.728. The Labute approximate surface area is 106 Å². The number of nitrogens with zero attached hydrogens (tertiary/aromatic N) is 2. The summed E-state index contributed by atoms with van der Waals surface area (Å²) in [5, 5.41) is 0.